The van der Waals surface area contributed by atoms with Gasteiger partial charge in [-0.15, -0.1) is 0 Å². The second-order valence-electron chi connectivity index (χ2n) is 5.70. The molecule has 25 heavy (non-hydrogen) atoms. The molecule has 3 aromatic rings. The summed E-state index contributed by atoms with van der Waals surface area (Å²) < 4.78 is 15.3. The van der Waals surface area contributed by atoms with Crippen molar-refractivity contribution in [1.82, 2.24) is 9.78 Å². The molecule has 0 saturated carbocycles. The molecule has 1 heterocycles. The van der Waals surface area contributed by atoms with E-state index in [-0.39, 0.29) is 11.6 Å². The number of aryl methyl sites for hydroxylation is 1. The molecule has 0 bridgehead atoms. The van der Waals surface area contributed by atoms with Gasteiger partial charge in [-0.3, -0.25) is 9.48 Å². The van der Waals surface area contributed by atoms with Crippen molar-refractivity contribution >= 4 is 11.6 Å². The summed E-state index contributed by atoms with van der Waals surface area (Å²) in [6.07, 6.45) is 4.77. The molecule has 0 aliphatic heterocycles. The van der Waals surface area contributed by atoms with Crippen LogP contribution in [0.2, 0.25) is 0 Å². The van der Waals surface area contributed by atoms with E-state index >= 15 is 0 Å². The van der Waals surface area contributed by atoms with Gasteiger partial charge in [0.15, 0.2) is 11.6 Å². The van der Waals surface area contributed by atoms with Crippen LogP contribution in [-0.4, -0.2) is 15.6 Å². The van der Waals surface area contributed by atoms with Gasteiger partial charge in [0.1, 0.15) is 5.82 Å². The molecule has 0 unspecified atom stereocenters. The zero-order chi connectivity index (χ0) is 17.6. The van der Waals surface area contributed by atoms with Crippen LogP contribution in [-0.2, 0) is 6.54 Å². The smallest absolute Gasteiger partial charge is 0.187 e. The maximum absolute atomic E-state index is 13.7. The predicted octanol–water partition coefficient (Wildman–Crippen LogP) is 4.19. The lowest BCUT2D eigenvalue weighted by Crippen LogP contribution is -2.03. The first-order valence-electron chi connectivity index (χ1n) is 7.93. The highest BCUT2D eigenvalue weighted by atomic mass is 19.1. The number of halogens is 1. The molecule has 1 aromatic heterocycles. The second-order valence-corrected chi connectivity index (χ2v) is 5.70. The summed E-state index contributed by atoms with van der Waals surface area (Å²) >= 11 is 0. The van der Waals surface area contributed by atoms with Gasteiger partial charge in [-0.05, 0) is 13.0 Å². The monoisotopic (exact) mass is 335 g/mol. The zero-order valence-corrected chi connectivity index (χ0v) is 13.8. The molecule has 0 aliphatic carbocycles. The first-order valence-corrected chi connectivity index (χ1v) is 7.93. The Balaban J connectivity index is 1.59. The number of hydrogen-bond donors (Lipinski definition) is 1. The number of benzene rings is 2. The predicted molar refractivity (Wildman–Crippen MR) is 96.0 cm³/mol. The number of allylic oxidation sites excluding steroid dienone is 1. The summed E-state index contributed by atoms with van der Waals surface area (Å²) in [4.78, 5) is 12.0. The van der Waals surface area contributed by atoms with Crippen LogP contribution in [0, 0.1) is 12.7 Å². The summed E-state index contributed by atoms with van der Waals surface area (Å²) in [5.41, 5.74) is 2.31. The van der Waals surface area contributed by atoms with Crippen molar-refractivity contribution in [2.75, 3.05) is 5.32 Å². The van der Waals surface area contributed by atoms with Crippen molar-refractivity contribution in [2.45, 2.75) is 13.5 Å². The van der Waals surface area contributed by atoms with E-state index in [9.17, 15) is 9.18 Å². The molecule has 0 fully saturated rings. The van der Waals surface area contributed by atoms with Crippen LogP contribution < -0.4 is 5.32 Å². The number of hydrogen-bond acceptors (Lipinski definition) is 3. The van der Waals surface area contributed by atoms with Crippen LogP contribution in [0.3, 0.4) is 0 Å². The molecule has 0 radical (unpaired) electrons. The van der Waals surface area contributed by atoms with Gasteiger partial charge >= 0.3 is 0 Å². The summed E-state index contributed by atoms with van der Waals surface area (Å²) in [5.74, 6) is 0.249. The summed E-state index contributed by atoms with van der Waals surface area (Å²) in [6.45, 7) is 2.32. The lowest BCUT2D eigenvalue weighted by atomic mass is 10.1. The van der Waals surface area contributed by atoms with Gasteiger partial charge in [0, 0.05) is 35.7 Å². The number of carbonyl (C=O) groups excluding carboxylic acids is 1. The van der Waals surface area contributed by atoms with Crippen molar-refractivity contribution in [1.29, 1.82) is 0 Å². The SMILES string of the molecule is Cc1ccc(C(=O)C=CNc2ccn(Cc3ccccc3F)n2)cc1. The van der Waals surface area contributed by atoms with Crippen LogP contribution in [0.4, 0.5) is 10.2 Å². The van der Waals surface area contributed by atoms with Crippen molar-refractivity contribution in [3.63, 3.8) is 0 Å². The van der Waals surface area contributed by atoms with Crippen LogP contribution in [0.15, 0.2) is 73.1 Å². The quantitative estimate of drug-likeness (QED) is 0.543. The second kappa shape index (κ2) is 7.57. The Morgan fingerprint density at radius 3 is 2.68 bits per heavy atom. The van der Waals surface area contributed by atoms with Crippen molar-refractivity contribution < 1.29 is 9.18 Å². The van der Waals surface area contributed by atoms with Crippen LogP contribution in [0.1, 0.15) is 21.5 Å². The molecule has 0 aliphatic rings. The normalized spacial score (nSPS) is 11.0. The summed E-state index contributed by atoms with van der Waals surface area (Å²) in [5, 5.41) is 7.25. The molecule has 4 nitrogen and oxygen atoms in total. The van der Waals surface area contributed by atoms with E-state index in [1.54, 1.807) is 53.5 Å². The summed E-state index contributed by atoms with van der Waals surface area (Å²) in [6, 6.07) is 15.8. The standard InChI is InChI=1S/C20H18FN3O/c1-15-6-8-16(9-7-15)19(25)10-12-22-20-11-13-24(23-20)14-17-4-2-3-5-18(17)21/h2-13H,14H2,1H3,(H,22,23). The van der Waals surface area contributed by atoms with Gasteiger partial charge in [-0.1, -0.05) is 48.0 Å². The number of rotatable bonds is 6. The van der Waals surface area contributed by atoms with Crippen LogP contribution in [0.5, 0.6) is 0 Å². The van der Waals surface area contributed by atoms with E-state index < -0.39 is 0 Å². The molecule has 0 amide bonds. The fourth-order valence-electron chi connectivity index (χ4n) is 2.34. The third-order valence-corrected chi connectivity index (χ3v) is 3.73. The van der Waals surface area contributed by atoms with Gasteiger partial charge in [-0.2, -0.15) is 5.10 Å². The molecule has 2 aromatic carbocycles. The summed E-state index contributed by atoms with van der Waals surface area (Å²) in [7, 11) is 0. The topological polar surface area (TPSA) is 46.9 Å². The Hall–Kier alpha value is -3.21. The first kappa shape index (κ1) is 16.6. The molecule has 0 atom stereocenters. The number of anilines is 1. The number of nitrogens with one attached hydrogen (secondary N) is 1. The van der Waals surface area contributed by atoms with Crippen molar-refractivity contribution in [2.24, 2.45) is 0 Å². The van der Waals surface area contributed by atoms with E-state index in [2.05, 4.69) is 10.4 Å². The van der Waals surface area contributed by atoms with Gasteiger partial charge in [0.05, 0.1) is 6.54 Å². The van der Waals surface area contributed by atoms with Crippen LogP contribution in [0.25, 0.3) is 0 Å². The highest BCUT2D eigenvalue weighted by Gasteiger charge is 2.04. The van der Waals surface area contributed by atoms with Gasteiger partial charge in [-0.25, -0.2) is 4.39 Å². The number of nitrogens with zero attached hydrogens (tertiary/aromatic N) is 2. The van der Waals surface area contributed by atoms with Crippen molar-refractivity contribution in [3.05, 3.63) is 95.6 Å². The van der Waals surface area contributed by atoms with E-state index in [0.717, 1.165) is 5.56 Å². The van der Waals surface area contributed by atoms with E-state index in [0.29, 0.717) is 23.5 Å². The Labute approximate surface area is 145 Å². The molecule has 0 spiro atoms. The van der Waals surface area contributed by atoms with Crippen LogP contribution >= 0.6 is 0 Å². The number of aromatic nitrogens is 2. The minimum absolute atomic E-state index is 0.0849. The van der Waals surface area contributed by atoms with Crippen molar-refractivity contribution in [3.8, 4) is 0 Å². The maximum Gasteiger partial charge on any atom is 0.187 e. The molecular formula is C20H18FN3O. The van der Waals surface area contributed by atoms with Gasteiger partial charge in [0.2, 0.25) is 0 Å². The largest absolute Gasteiger partial charge is 0.345 e. The maximum atomic E-state index is 13.7. The Morgan fingerprint density at radius 1 is 1.16 bits per heavy atom. The highest BCUT2D eigenvalue weighted by molar-refractivity contribution is 6.04. The molecule has 126 valence electrons. The number of carbonyl (C=O) groups is 1. The molecule has 0 saturated heterocycles. The first-order chi connectivity index (χ1) is 12.1. The molecule has 5 heteroatoms. The Morgan fingerprint density at radius 2 is 1.92 bits per heavy atom. The fourth-order valence-corrected chi connectivity index (χ4v) is 2.34. The van der Waals surface area contributed by atoms with E-state index in [1.807, 2.05) is 19.1 Å². The molecular weight excluding hydrogens is 317 g/mol. The average Bonchev–Trinajstić information content (AvgIpc) is 3.05. The van der Waals surface area contributed by atoms with Gasteiger partial charge in [0.25, 0.3) is 0 Å². The third-order valence-electron chi connectivity index (χ3n) is 3.73. The lowest BCUT2D eigenvalue weighted by Gasteiger charge is -2.03. The Kier molecular flexibility index (Phi) is 5.04. The zero-order valence-electron chi connectivity index (χ0n) is 13.8. The minimum atomic E-state index is -0.254. The lowest BCUT2D eigenvalue weighted by molar-refractivity contribution is 0.104. The van der Waals surface area contributed by atoms with E-state index in [4.69, 9.17) is 0 Å². The fraction of sp³-hybridized carbons (Fsp3) is 0.100. The van der Waals surface area contributed by atoms with Gasteiger partial charge < -0.3 is 5.32 Å². The van der Waals surface area contributed by atoms with E-state index in [1.165, 1.54) is 12.1 Å². The highest BCUT2D eigenvalue weighted by Crippen LogP contribution is 2.10. The average molecular weight is 335 g/mol. The minimum Gasteiger partial charge on any atom is -0.345 e. The molecule has 3 rings (SSSR count). The Bertz CT molecular complexity index is 897. The molecule has 1 N–H and O–H groups in total. The number of ketones is 1. The third kappa shape index (κ3) is 4.41.